The minimum atomic E-state index is -3.33. The summed E-state index contributed by atoms with van der Waals surface area (Å²) in [5, 5.41) is 8.45. The van der Waals surface area contributed by atoms with E-state index in [1.54, 1.807) is 0 Å². The van der Waals surface area contributed by atoms with Crippen LogP contribution >= 0.6 is 0 Å². The lowest BCUT2D eigenvalue weighted by molar-refractivity contribution is -0.138. The van der Waals surface area contributed by atoms with Gasteiger partial charge < -0.3 is 5.11 Å². The van der Waals surface area contributed by atoms with Crippen LogP contribution in [0.15, 0.2) is 0 Å². The lowest BCUT2D eigenvalue weighted by Crippen LogP contribution is -2.46. The van der Waals surface area contributed by atoms with E-state index in [1.165, 1.54) is 0 Å². The fraction of sp³-hybridized carbons (Fsp3) is 0.900. The Morgan fingerprint density at radius 2 is 1.94 bits per heavy atom. The van der Waals surface area contributed by atoms with E-state index >= 15 is 0 Å². The van der Waals surface area contributed by atoms with Crippen molar-refractivity contribution in [2.24, 2.45) is 5.41 Å². The fourth-order valence-corrected chi connectivity index (χ4v) is 3.15. The molecule has 0 aromatic heterocycles. The van der Waals surface area contributed by atoms with Crippen LogP contribution in [0.5, 0.6) is 0 Å². The molecule has 1 saturated carbocycles. The lowest BCUT2D eigenvalue weighted by Gasteiger charge is -2.30. The number of carboxylic acids is 1. The molecule has 0 amide bonds. The molecule has 6 heteroatoms. The van der Waals surface area contributed by atoms with Crippen LogP contribution in [-0.4, -0.2) is 30.8 Å². The van der Waals surface area contributed by atoms with Crippen LogP contribution in [0.2, 0.25) is 0 Å². The monoisotopic (exact) mass is 249 g/mol. The van der Waals surface area contributed by atoms with Crippen molar-refractivity contribution in [3.63, 3.8) is 0 Å². The molecule has 16 heavy (non-hydrogen) atoms. The van der Waals surface area contributed by atoms with Crippen molar-refractivity contribution in [3.8, 4) is 0 Å². The Balaban J connectivity index is 2.74. The third-order valence-corrected chi connectivity index (χ3v) is 4.66. The molecule has 0 radical (unpaired) electrons. The van der Waals surface area contributed by atoms with Gasteiger partial charge in [0.25, 0.3) is 0 Å². The number of rotatable bonds is 5. The van der Waals surface area contributed by atoms with Crippen molar-refractivity contribution in [1.82, 2.24) is 4.72 Å². The zero-order chi connectivity index (χ0) is 12.6. The number of hydrogen-bond acceptors (Lipinski definition) is 3. The first-order chi connectivity index (χ1) is 7.13. The second kappa shape index (κ2) is 4.33. The number of aliphatic carboxylic acids is 1. The van der Waals surface area contributed by atoms with E-state index in [2.05, 4.69) is 4.72 Å². The predicted octanol–water partition coefficient (Wildman–Crippen LogP) is 0.958. The van der Waals surface area contributed by atoms with Gasteiger partial charge in [-0.3, -0.25) is 4.79 Å². The minimum absolute atomic E-state index is 0.185. The first-order valence-electron chi connectivity index (χ1n) is 5.36. The van der Waals surface area contributed by atoms with E-state index in [0.29, 0.717) is 12.8 Å². The van der Waals surface area contributed by atoms with Gasteiger partial charge in [0, 0.05) is 6.04 Å². The largest absolute Gasteiger partial charge is 0.481 e. The van der Waals surface area contributed by atoms with Crippen LogP contribution in [0.25, 0.3) is 0 Å². The normalized spacial score (nSPS) is 19.4. The Bertz CT molecular complexity index is 365. The molecular formula is C10H19NO4S. The first-order valence-corrected chi connectivity index (χ1v) is 6.90. The Kier molecular flexibility index (Phi) is 3.64. The number of hydrogen-bond donors (Lipinski definition) is 2. The number of sulfonamides is 1. The Hall–Kier alpha value is -0.620. The molecule has 0 heterocycles. The van der Waals surface area contributed by atoms with Crippen LogP contribution in [0, 0.1) is 5.41 Å². The molecule has 0 aromatic carbocycles. The van der Waals surface area contributed by atoms with Crippen molar-refractivity contribution in [2.75, 3.05) is 0 Å². The summed E-state index contributed by atoms with van der Waals surface area (Å²) in [5.41, 5.74) is -0.402. The average molecular weight is 249 g/mol. The maximum atomic E-state index is 11.7. The molecule has 0 spiro atoms. The zero-order valence-corrected chi connectivity index (χ0v) is 10.7. The van der Waals surface area contributed by atoms with Gasteiger partial charge in [0.1, 0.15) is 0 Å². The van der Waals surface area contributed by atoms with Gasteiger partial charge in [-0.05, 0) is 18.3 Å². The summed E-state index contributed by atoms with van der Waals surface area (Å²) in [6.07, 6.45) is 1.17. The van der Waals surface area contributed by atoms with Gasteiger partial charge in [0.2, 0.25) is 10.0 Å². The van der Waals surface area contributed by atoms with Gasteiger partial charge in [-0.1, -0.05) is 20.8 Å². The molecule has 1 rings (SSSR count). The summed E-state index contributed by atoms with van der Waals surface area (Å²) in [5.74, 6) is -0.988. The summed E-state index contributed by atoms with van der Waals surface area (Å²) in [6, 6.07) is -0.560. The van der Waals surface area contributed by atoms with E-state index in [-0.39, 0.29) is 11.7 Å². The smallest absolute Gasteiger partial charge is 0.304 e. The molecule has 1 unspecified atom stereocenters. The van der Waals surface area contributed by atoms with Crippen molar-refractivity contribution in [2.45, 2.75) is 51.3 Å². The maximum absolute atomic E-state index is 11.7. The molecule has 0 aliphatic heterocycles. The van der Waals surface area contributed by atoms with E-state index in [0.717, 1.165) is 0 Å². The highest BCUT2D eigenvalue weighted by atomic mass is 32.2. The van der Waals surface area contributed by atoms with Crippen LogP contribution in [-0.2, 0) is 14.8 Å². The molecule has 5 nitrogen and oxygen atoms in total. The van der Waals surface area contributed by atoms with Crippen LogP contribution in [0.1, 0.15) is 40.0 Å². The molecule has 2 N–H and O–H groups in total. The molecule has 0 bridgehead atoms. The summed E-state index contributed by atoms with van der Waals surface area (Å²) in [6.45, 7) is 5.49. The third kappa shape index (κ3) is 3.75. The van der Waals surface area contributed by atoms with Gasteiger partial charge in [-0.15, -0.1) is 0 Å². The van der Waals surface area contributed by atoms with Crippen molar-refractivity contribution >= 4 is 16.0 Å². The summed E-state index contributed by atoms with van der Waals surface area (Å²) in [4.78, 5) is 10.7. The van der Waals surface area contributed by atoms with Crippen molar-refractivity contribution < 1.29 is 18.3 Å². The van der Waals surface area contributed by atoms with Gasteiger partial charge in [-0.25, -0.2) is 13.1 Å². The quantitative estimate of drug-likeness (QED) is 0.760. The lowest BCUT2D eigenvalue weighted by atomic mass is 9.85. The van der Waals surface area contributed by atoms with Gasteiger partial charge in [0.05, 0.1) is 11.7 Å². The number of nitrogens with one attached hydrogen (secondary N) is 1. The minimum Gasteiger partial charge on any atom is -0.481 e. The van der Waals surface area contributed by atoms with E-state index in [4.69, 9.17) is 5.11 Å². The highest BCUT2D eigenvalue weighted by Gasteiger charge is 2.39. The molecule has 1 fully saturated rings. The second-order valence-electron chi connectivity index (χ2n) is 5.38. The van der Waals surface area contributed by atoms with Gasteiger partial charge >= 0.3 is 5.97 Å². The second-order valence-corrected chi connectivity index (χ2v) is 7.37. The predicted molar refractivity (Wildman–Crippen MR) is 60.6 cm³/mol. The molecule has 1 atom stereocenters. The van der Waals surface area contributed by atoms with E-state index < -0.39 is 27.4 Å². The van der Waals surface area contributed by atoms with Crippen molar-refractivity contribution in [1.29, 1.82) is 0 Å². The summed E-state index contributed by atoms with van der Waals surface area (Å²) < 4.78 is 26.0. The van der Waals surface area contributed by atoms with Crippen molar-refractivity contribution in [3.05, 3.63) is 0 Å². The molecular weight excluding hydrogens is 230 g/mol. The van der Waals surface area contributed by atoms with Gasteiger partial charge in [0.15, 0.2) is 0 Å². The Morgan fingerprint density at radius 1 is 1.44 bits per heavy atom. The molecule has 0 aromatic rings. The van der Waals surface area contributed by atoms with Crippen LogP contribution < -0.4 is 4.72 Å². The maximum Gasteiger partial charge on any atom is 0.304 e. The SMILES string of the molecule is CC(C)(C)C(CC(=O)O)NS(=O)(=O)C1CC1. The van der Waals surface area contributed by atoms with Crippen LogP contribution in [0.4, 0.5) is 0 Å². The molecule has 0 saturated heterocycles. The molecule has 94 valence electrons. The zero-order valence-electron chi connectivity index (χ0n) is 9.86. The summed E-state index contributed by atoms with van der Waals surface area (Å²) >= 11 is 0. The van der Waals surface area contributed by atoms with Crippen LogP contribution in [0.3, 0.4) is 0 Å². The van der Waals surface area contributed by atoms with E-state index in [1.807, 2.05) is 20.8 Å². The number of carboxylic acid groups (broad SMARTS) is 1. The van der Waals surface area contributed by atoms with E-state index in [9.17, 15) is 13.2 Å². The average Bonchev–Trinajstić information content (AvgIpc) is 2.80. The third-order valence-electron chi connectivity index (χ3n) is 2.69. The number of carbonyl (C=O) groups is 1. The Morgan fingerprint density at radius 3 is 2.25 bits per heavy atom. The first kappa shape index (κ1) is 13.4. The summed E-state index contributed by atoms with van der Waals surface area (Å²) in [7, 11) is -3.33. The Labute approximate surface area is 96.3 Å². The highest BCUT2D eigenvalue weighted by molar-refractivity contribution is 7.90. The topological polar surface area (TPSA) is 83.5 Å². The fourth-order valence-electron chi connectivity index (χ4n) is 1.37. The standard InChI is InChI=1S/C10H19NO4S/c1-10(2,3)8(6-9(12)13)11-16(14,15)7-4-5-7/h7-8,11H,4-6H2,1-3H3,(H,12,13). The highest BCUT2D eigenvalue weighted by Crippen LogP contribution is 2.30. The molecule has 1 aliphatic rings. The van der Waals surface area contributed by atoms with Gasteiger partial charge in [-0.2, -0.15) is 0 Å². The molecule has 1 aliphatic carbocycles.